The second-order valence-corrected chi connectivity index (χ2v) is 3.52. The zero-order valence-electron chi connectivity index (χ0n) is 9.90. The Morgan fingerprint density at radius 2 is 2.25 bits per heavy atom. The monoisotopic (exact) mass is 218 g/mol. The van der Waals surface area contributed by atoms with E-state index in [0.717, 1.165) is 31.0 Å². The Bertz CT molecular complexity index is 339. The largest absolute Gasteiger partial charge is 0.344 e. The lowest BCUT2D eigenvalue weighted by molar-refractivity contribution is 0.770. The molecule has 0 bridgehead atoms. The average Bonchev–Trinajstić information content (AvgIpc) is 2.30. The predicted octanol–water partition coefficient (Wildman–Crippen LogP) is 1.05. The molecule has 0 radical (unpaired) electrons. The summed E-state index contributed by atoms with van der Waals surface area (Å²) in [7, 11) is 1.89. The highest BCUT2D eigenvalue weighted by atomic mass is 15.2. The molecule has 0 aromatic carbocycles. The standard InChI is InChI=1S/C12H18N4/c1-4-6-16(7-5-2)12-10-14-11(8-13-3)9-15-12/h1,9-10,13H,5-8H2,2-3H3. The van der Waals surface area contributed by atoms with Gasteiger partial charge in [0.1, 0.15) is 5.82 Å². The zero-order chi connectivity index (χ0) is 11.8. The van der Waals surface area contributed by atoms with Crippen LogP contribution in [0.15, 0.2) is 12.4 Å². The van der Waals surface area contributed by atoms with Gasteiger partial charge in [0.2, 0.25) is 0 Å². The van der Waals surface area contributed by atoms with Gasteiger partial charge in [0.25, 0.3) is 0 Å². The molecule has 0 aliphatic rings. The van der Waals surface area contributed by atoms with Crippen LogP contribution in [0.4, 0.5) is 5.82 Å². The van der Waals surface area contributed by atoms with Crippen LogP contribution in [0.5, 0.6) is 0 Å². The number of anilines is 1. The molecule has 1 rings (SSSR count). The van der Waals surface area contributed by atoms with Gasteiger partial charge in [0.05, 0.1) is 24.6 Å². The van der Waals surface area contributed by atoms with Crippen molar-refractivity contribution in [3.8, 4) is 12.3 Å². The lowest BCUT2D eigenvalue weighted by Gasteiger charge is -2.19. The SMILES string of the molecule is C#CCN(CCC)c1cnc(CNC)cn1. The molecule has 0 saturated heterocycles. The molecule has 4 nitrogen and oxygen atoms in total. The van der Waals surface area contributed by atoms with Crippen molar-refractivity contribution in [3.05, 3.63) is 18.1 Å². The van der Waals surface area contributed by atoms with Gasteiger partial charge in [-0.25, -0.2) is 4.98 Å². The van der Waals surface area contributed by atoms with E-state index < -0.39 is 0 Å². The molecule has 1 N–H and O–H groups in total. The summed E-state index contributed by atoms with van der Waals surface area (Å²) in [6, 6.07) is 0. The fourth-order valence-electron chi connectivity index (χ4n) is 1.44. The van der Waals surface area contributed by atoms with Gasteiger partial charge in [-0.1, -0.05) is 12.8 Å². The number of hydrogen-bond acceptors (Lipinski definition) is 4. The first-order chi connectivity index (χ1) is 7.81. The molecule has 0 aliphatic carbocycles. The first-order valence-electron chi connectivity index (χ1n) is 5.45. The minimum absolute atomic E-state index is 0.577. The van der Waals surface area contributed by atoms with Crippen LogP contribution in [0.3, 0.4) is 0 Å². The van der Waals surface area contributed by atoms with E-state index in [1.807, 2.05) is 7.05 Å². The predicted molar refractivity (Wildman–Crippen MR) is 66.1 cm³/mol. The second kappa shape index (κ2) is 6.81. The molecule has 0 aliphatic heterocycles. The number of aromatic nitrogens is 2. The maximum Gasteiger partial charge on any atom is 0.147 e. The molecule has 16 heavy (non-hydrogen) atoms. The Balaban J connectivity index is 2.73. The summed E-state index contributed by atoms with van der Waals surface area (Å²) in [4.78, 5) is 10.7. The molecule has 0 amide bonds. The molecule has 0 unspecified atom stereocenters. The van der Waals surface area contributed by atoms with E-state index in [1.165, 1.54) is 0 Å². The molecule has 86 valence electrons. The normalized spacial score (nSPS) is 9.81. The molecule has 0 fully saturated rings. The number of hydrogen-bond donors (Lipinski definition) is 1. The van der Waals surface area contributed by atoms with E-state index in [-0.39, 0.29) is 0 Å². The van der Waals surface area contributed by atoms with Gasteiger partial charge in [0, 0.05) is 13.1 Å². The third-order valence-corrected chi connectivity index (χ3v) is 2.15. The van der Waals surface area contributed by atoms with Gasteiger partial charge in [-0.15, -0.1) is 6.42 Å². The quantitative estimate of drug-likeness (QED) is 0.725. The van der Waals surface area contributed by atoms with E-state index in [2.05, 4.69) is 33.0 Å². The highest BCUT2D eigenvalue weighted by molar-refractivity contribution is 5.37. The van der Waals surface area contributed by atoms with Crippen molar-refractivity contribution in [1.29, 1.82) is 0 Å². The minimum atomic E-state index is 0.577. The first kappa shape index (κ1) is 12.5. The minimum Gasteiger partial charge on any atom is -0.344 e. The van der Waals surface area contributed by atoms with Gasteiger partial charge in [-0.05, 0) is 13.5 Å². The number of rotatable bonds is 6. The zero-order valence-corrected chi connectivity index (χ0v) is 9.90. The highest BCUT2D eigenvalue weighted by Crippen LogP contribution is 2.08. The molecule has 4 heteroatoms. The van der Waals surface area contributed by atoms with Crippen molar-refractivity contribution in [2.24, 2.45) is 0 Å². The molecule has 0 saturated carbocycles. The summed E-state index contributed by atoms with van der Waals surface area (Å²) in [6.45, 7) is 4.33. The average molecular weight is 218 g/mol. The van der Waals surface area contributed by atoms with Gasteiger partial charge in [0.15, 0.2) is 0 Å². The van der Waals surface area contributed by atoms with Crippen LogP contribution in [0, 0.1) is 12.3 Å². The Hall–Kier alpha value is -1.60. The smallest absolute Gasteiger partial charge is 0.147 e. The summed E-state index contributed by atoms with van der Waals surface area (Å²) in [6.07, 6.45) is 9.93. The fourth-order valence-corrected chi connectivity index (χ4v) is 1.44. The number of terminal acetylenes is 1. The summed E-state index contributed by atoms with van der Waals surface area (Å²) in [5, 5.41) is 3.03. The number of nitrogens with one attached hydrogen (secondary N) is 1. The Labute approximate surface area is 97.1 Å². The van der Waals surface area contributed by atoms with Crippen molar-refractivity contribution < 1.29 is 0 Å². The first-order valence-corrected chi connectivity index (χ1v) is 5.45. The van der Waals surface area contributed by atoms with Crippen LogP contribution in [0.2, 0.25) is 0 Å². The highest BCUT2D eigenvalue weighted by Gasteiger charge is 2.05. The number of nitrogens with zero attached hydrogens (tertiary/aromatic N) is 3. The van der Waals surface area contributed by atoms with Crippen LogP contribution < -0.4 is 10.2 Å². The van der Waals surface area contributed by atoms with Crippen LogP contribution >= 0.6 is 0 Å². The summed E-state index contributed by atoms with van der Waals surface area (Å²) in [5.74, 6) is 3.48. The molecular weight excluding hydrogens is 200 g/mol. The van der Waals surface area contributed by atoms with Crippen molar-refractivity contribution in [3.63, 3.8) is 0 Å². The van der Waals surface area contributed by atoms with Crippen LogP contribution in [0.1, 0.15) is 19.0 Å². The second-order valence-electron chi connectivity index (χ2n) is 3.52. The van der Waals surface area contributed by atoms with E-state index in [0.29, 0.717) is 6.54 Å². The van der Waals surface area contributed by atoms with Crippen molar-refractivity contribution >= 4 is 5.82 Å². The summed E-state index contributed by atoms with van der Waals surface area (Å²) >= 11 is 0. The van der Waals surface area contributed by atoms with Crippen molar-refractivity contribution in [2.45, 2.75) is 19.9 Å². The Morgan fingerprint density at radius 1 is 1.44 bits per heavy atom. The maximum atomic E-state index is 5.32. The van der Waals surface area contributed by atoms with E-state index in [1.54, 1.807) is 12.4 Å². The third kappa shape index (κ3) is 3.52. The van der Waals surface area contributed by atoms with Crippen LogP contribution in [0.25, 0.3) is 0 Å². The third-order valence-electron chi connectivity index (χ3n) is 2.15. The van der Waals surface area contributed by atoms with Gasteiger partial charge in [-0.3, -0.25) is 4.98 Å². The van der Waals surface area contributed by atoms with Crippen molar-refractivity contribution in [1.82, 2.24) is 15.3 Å². The topological polar surface area (TPSA) is 41.1 Å². The van der Waals surface area contributed by atoms with E-state index in [9.17, 15) is 0 Å². The molecule has 1 heterocycles. The molecule has 0 spiro atoms. The van der Waals surface area contributed by atoms with Crippen LogP contribution in [-0.2, 0) is 6.54 Å². The molecular formula is C12H18N4. The van der Waals surface area contributed by atoms with Crippen LogP contribution in [-0.4, -0.2) is 30.1 Å². The van der Waals surface area contributed by atoms with Gasteiger partial charge in [-0.2, -0.15) is 0 Å². The Kier molecular flexibility index (Phi) is 5.30. The molecule has 1 aromatic heterocycles. The molecule has 1 aromatic rings. The van der Waals surface area contributed by atoms with Crippen molar-refractivity contribution in [2.75, 3.05) is 25.0 Å². The van der Waals surface area contributed by atoms with E-state index >= 15 is 0 Å². The summed E-state index contributed by atoms with van der Waals surface area (Å²) < 4.78 is 0. The summed E-state index contributed by atoms with van der Waals surface area (Å²) in [5.41, 5.74) is 0.934. The van der Waals surface area contributed by atoms with Gasteiger partial charge >= 0.3 is 0 Å². The lowest BCUT2D eigenvalue weighted by atomic mass is 10.4. The fraction of sp³-hybridized carbons (Fsp3) is 0.500. The lowest BCUT2D eigenvalue weighted by Crippen LogP contribution is -2.25. The van der Waals surface area contributed by atoms with E-state index in [4.69, 9.17) is 6.42 Å². The Morgan fingerprint density at radius 3 is 2.75 bits per heavy atom. The van der Waals surface area contributed by atoms with Gasteiger partial charge < -0.3 is 10.2 Å². The molecule has 0 atom stereocenters. The maximum absolute atomic E-state index is 5.32.